The van der Waals surface area contributed by atoms with Crippen LogP contribution in [0, 0.1) is 0 Å². The second-order valence-corrected chi connectivity index (χ2v) is 6.57. The first-order valence-electron chi connectivity index (χ1n) is 6.33. The quantitative estimate of drug-likeness (QED) is 0.842. The largest absolute Gasteiger partial charge is 0.337 e. The Bertz CT molecular complexity index is 657. The highest BCUT2D eigenvalue weighted by molar-refractivity contribution is 7.87. The van der Waals surface area contributed by atoms with Gasteiger partial charge < -0.3 is 10.2 Å². The molecule has 0 aromatic heterocycles. The van der Waals surface area contributed by atoms with Crippen LogP contribution >= 0.6 is 0 Å². The van der Waals surface area contributed by atoms with Gasteiger partial charge in [-0.3, -0.25) is 9.59 Å². The molecule has 1 aromatic carbocycles. The lowest BCUT2D eigenvalue weighted by molar-refractivity contribution is -0.128. The Kier molecular flexibility index (Phi) is 4.26. The summed E-state index contributed by atoms with van der Waals surface area (Å²) >= 11 is 0. The number of anilines is 1. The van der Waals surface area contributed by atoms with Gasteiger partial charge in [0.1, 0.15) is 5.25 Å². The molecule has 1 aromatic rings. The Morgan fingerprint density at radius 2 is 2.00 bits per heavy atom. The molecule has 1 aliphatic rings. The fourth-order valence-corrected chi connectivity index (χ4v) is 2.89. The molecule has 0 radical (unpaired) electrons. The molecule has 0 spiro atoms. The zero-order chi connectivity index (χ0) is 15.6. The molecule has 1 atom stereocenters. The molecule has 1 heterocycles. The number of benzene rings is 1. The van der Waals surface area contributed by atoms with Crippen molar-refractivity contribution in [3.8, 4) is 0 Å². The van der Waals surface area contributed by atoms with E-state index >= 15 is 0 Å². The molecule has 21 heavy (non-hydrogen) atoms. The summed E-state index contributed by atoms with van der Waals surface area (Å²) in [6.45, 7) is 1.48. The lowest BCUT2D eigenvalue weighted by Gasteiger charge is -2.16. The van der Waals surface area contributed by atoms with Crippen molar-refractivity contribution in [2.45, 2.75) is 25.1 Å². The van der Waals surface area contributed by atoms with Crippen LogP contribution in [0.3, 0.4) is 0 Å². The number of rotatable bonds is 4. The van der Waals surface area contributed by atoms with E-state index < -0.39 is 15.5 Å². The summed E-state index contributed by atoms with van der Waals surface area (Å²) in [5.74, 6) is -0.569. The van der Waals surface area contributed by atoms with Gasteiger partial charge >= 0.3 is 10.2 Å². The van der Waals surface area contributed by atoms with Crippen LogP contribution in [-0.4, -0.2) is 36.9 Å². The zero-order valence-corrected chi connectivity index (χ0v) is 12.2. The topological polar surface area (TPSA) is 83.6 Å². The molecule has 1 fully saturated rings. The number of halogens is 1. The van der Waals surface area contributed by atoms with Crippen LogP contribution < -0.4 is 5.32 Å². The highest BCUT2D eigenvalue weighted by Crippen LogP contribution is 2.22. The number of carbonyl (C=O) groups is 2. The summed E-state index contributed by atoms with van der Waals surface area (Å²) in [6.07, 6.45) is -0.317. The highest BCUT2D eigenvalue weighted by atomic mass is 32.3. The van der Waals surface area contributed by atoms with Crippen LogP contribution in [-0.2, 0) is 26.4 Å². The number of hydrogen-bond donors (Lipinski definition) is 1. The standard InChI is InChI=1S/C13H15FN2O4S/c1-9(17)15-11-4-2-10(3-5-11)7-16-8-12(6-13(16)18)21(14,19)20/h2-5,12H,6-8H2,1H3,(H,15,17). The van der Waals surface area contributed by atoms with Gasteiger partial charge in [0.15, 0.2) is 0 Å². The van der Waals surface area contributed by atoms with E-state index in [0.717, 1.165) is 5.56 Å². The summed E-state index contributed by atoms with van der Waals surface area (Å²) in [7, 11) is -4.69. The van der Waals surface area contributed by atoms with Crippen molar-refractivity contribution in [3.63, 3.8) is 0 Å². The van der Waals surface area contributed by atoms with Gasteiger partial charge in [-0.2, -0.15) is 8.42 Å². The smallest absolute Gasteiger partial charge is 0.307 e. The Balaban J connectivity index is 2.02. The molecule has 8 heteroatoms. The van der Waals surface area contributed by atoms with E-state index in [0.29, 0.717) is 5.69 Å². The van der Waals surface area contributed by atoms with Crippen LogP contribution in [0.2, 0.25) is 0 Å². The first-order valence-corrected chi connectivity index (χ1v) is 7.78. The maximum absolute atomic E-state index is 12.9. The first kappa shape index (κ1) is 15.4. The predicted molar refractivity (Wildman–Crippen MR) is 74.6 cm³/mol. The second-order valence-electron chi connectivity index (χ2n) is 4.95. The molecule has 0 saturated carbocycles. The first-order chi connectivity index (χ1) is 9.75. The Morgan fingerprint density at radius 1 is 1.38 bits per heavy atom. The molecule has 2 rings (SSSR count). The van der Waals surface area contributed by atoms with Crippen LogP contribution in [0.5, 0.6) is 0 Å². The fourth-order valence-electron chi connectivity index (χ4n) is 2.19. The molecule has 1 saturated heterocycles. The Labute approximate surface area is 122 Å². The van der Waals surface area contributed by atoms with E-state index in [-0.39, 0.29) is 31.3 Å². The van der Waals surface area contributed by atoms with Crippen molar-refractivity contribution in [2.75, 3.05) is 11.9 Å². The van der Waals surface area contributed by atoms with Crippen molar-refractivity contribution in [1.82, 2.24) is 4.90 Å². The normalized spacial score (nSPS) is 18.9. The van der Waals surface area contributed by atoms with Crippen LogP contribution in [0.1, 0.15) is 18.9 Å². The average Bonchev–Trinajstić information content (AvgIpc) is 2.73. The maximum Gasteiger partial charge on any atom is 0.307 e. The predicted octanol–water partition coefficient (Wildman–Crippen LogP) is 1.05. The van der Waals surface area contributed by atoms with Crippen molar-refractivity contribution >= 4 is 27.7 Å². The molecule has 0 aliphatic carbocycles. The minimum Gasteiger partial charge on any atom is -0.337 e. The number of amides is 2. The number of likely N-dealkylation sites (tertiary alicyclic amines) is 1. The van der Waals surface area contributed by atoms with E-state index in [9.17, 15) is 21.9 Å². The van der Waals surface area contributed by atoms with E-state index in [4.69, 9.17) is 0 Å². The van der Waals surface area contributed by atoms with Gasteiger partial charge in [0.25, 0.3) is 0 Å². The van der Waals surface area contributed by atoms with E-state index in [1.807, 2.05) is 0 Å². The van der Waals surface area contributed by atoms with Crippen molar-refractivity contribution in [3.05, 3.63) is 29.8 Å². The summed E-state index contributed by atoms with van der Waals surface area (Å²) in [5, 5.41) is 1.34. The molecule has 1 N–H and O–H groups in total. The van der Waals surface area contributed by atoms with E-state index in [1.54, 1.807) is 24.3 Å². The molecular formula is C13H15FN2O4S. The number of nitrogens with zero attached hydrogens (tertiary/aromatic N) is 1. The third-order valence-electron chi connectivity index (χ3n) is 3.22. The number of nitrogens with one attached hydrogen (secondary N) is 1. The number of hydrogen-bond acceptors (Lipinski definition) is 4. The SMILES string of the molecule is CC(=O)Nc1ccc(CN2CC(S(=O)(=O)F)CC2=O)cc1. The summed E-state index contributed by atoms with van der Waals surface area (Å²) in [4.78, 5) is 23.9. The van der Waals surface area contributed by atoms with Crippen molar-refractivity contribution in [1.29, 1.82) is 0 Å². The van der Waals surface area contributed by atoms with E-state index in [1.165, 1.54) is 11.8 Å². The highest BCUT2D eigenvalue weighted by Gasteiger charge is 2.38. The monoisotopic (exact) mass is 314 g/mol. The van der Waals surface area contributed by atoms with Gasteiger partial charge in [0.2, 0.25) is 11.8 Å². The van der Waals surface area contributed by atoms with Crippen LogP contribution in [0.4, 0.5) is 9.57 Å². The summed E-state index contributed by atoms with van der Waals surface area (Å²) < 4.78 is 34.6. The molecule has 2 amide bonds. The lowest BCUT2D eigenvalue weighted by atomic mass is 10.2. The number of carbonyl (C=O) groups excluding carboxylic acids is 2. The Hall–Kier alpha value is -1.96. The van der Waals surface area contributed by atoms with Gasteiger partial charge in [-0.15, -0.1) is 3.89 Å². The molecule has 1 aliphatic heterocycles. The van der Waals surface area contributed by atoms with Crippen molar-refractivity contribution < 1.29 is 21.9 Å². The molecule has 0 bridgehead atoms. The third-order valence-corrected chi connectivity index (χ3v) is 4.34. The van der Waals surface area contributed by atoms with Crippen molar-refractivity contribution in [2.24, 2.45) is 0 Å². The molecular weight excluding hydrogens is 299 g/mol. The maximum atomic E-state index is 12.9. The minimum atomic E-state index is -4.69. The van der Waals surface area contributed by atoms with Gasteiger partial charge in [-0.25, -0.2) is 0 Å². The van der Waals surface area contributed by atoms with Gasteiger partial charge in [0.05, 0.1) is 0 Å². The molecule has 114 valence electrons. The molecule has 6 nitrogen and oxygen atoms in total. The third kappa shape index (κ3) is 4.01. The van der Waals surface area contributed by atoms with Gasteiger partial charge in [-0.05, 0) is 17.7 Å². The van der Waals surface area contributed by atoms with Crippen LogP contribution in [0.25, 0.3) is 0 Å². The summed E-state index contributed by atoms with van der Waals surface area (Å²) in [5.41, 5.74) is 1.40. The summed E-state index contributed by atoms with van der Waals surface area (Å²) in [6, 6.07) is 6.80. The van der Waals surface area contributed by atoms with Crippen LogP contribution in [0.15, 0.2) is 24.3 Å². The average molecular weight is 314 g/mol. The lowest BCUT2D eigenvalue weighted by Crippen LogP contribution is -2.26. The van der Waals surface area contributed by atoms with Gasteiger partial charge in [0, 0.05) is 32.1 Å². The molecule has 1 unspecified atom stereocenters. The minimum absolute atomic E-state index is 0.134. The second kappa shape index (κ2) is 5.80. The Morgan fingerprint density at radius 3 is 2.48 bits per heavy atom. The fraction of sp³-hybridized carbons (Fsp3) is 0.385. The van der Waals surface area contributed by atoms with E-state index in [2.05, 4.69) is 5.32 Å². The zero-order valence-electron chi connectivity index (χ0n) is 11.4. The van der Waals surface area contributed by atoms with Gasteiger partial charge in [-0.1, -0.05) is 12.1 Å².